The number of hydrogen-bond donors (Lipinski definition) is 3. The number of imidazole rings is 1. The second-order valence-corrected chi connectivity index (χ2v) is 4.25. The van der Waals surface area contributed by atoms with Gasteiger partial charge in [0.05, 0.1) is 12.5 Å². The molecule has 0 aromatic carbocycles. The average molecular weight is 705 g/mol. The van der Waals surface area contributed by atoms with Gasteiger partial charge in [-0.2, -0.15) is 4.98 Å². The van der Waals surface area contributed by atoms with Crippen LogP contribution in [-0.2, 0) is 6.54 Å². The Kier molecular flexibility index (Phi) is 11.4. The minimum Gasteiger partial charge on any atom is -0.396 e. The SMILES string of the molecule is Nc1ncc2ncn(CCCC(CO)CO)c2n1.[Ac].[Ac]. The molecule has 0 saturated carbocycles. The van der Waals surface area contributed by atoms with Gasteiger partial charge in [0.25, 0.3) is 0 Å². The van der Waals surface area contributed by atoms with Gasteiger partial charge in [-0.1, -0.05) is 0 Å². The van der Waals surface area contributed by atoms with Crippen LogP contribution in [0, 0.1) is 94.0 Å². The Morgan fingerprint density at radius 1 is 1.20 bits per heavy atom. The fourth-order valence-electron chi connectivity index (χ4n) is 1.82. The molecule has 9 heteroatoms. The summed E-state index contributed by atoms with van der Waals surface area (Å²) in [5, 5.41) is 18.0. The van der Waals surface area contributed by atoms with Crippen molar-refractivity contribution < 1.29 is 98.3 Å². The molecule has 0 saturated heterocycles. The van der Waals surface area contributed by atoms with Crippen LogP contribution in [0.3, 0.4) is 0 Å². The van der Waals surface area contributed by atoms with E-state index in [2.05, 4.69) is 15.0 Å². The zero-order valence-corrected chi connectivity index (χ0v) is 20.7. The summed E-state index contributed by atoms with van der Waals surface area (Å²) in [5.74, 6) is 0.173. The Hall–Kier alpha value is 1.15. The number of aryl methyl sites for hydroxylation is 1. The van der Waals surface area contributed by atoms with Crippen LogP contribution in [0.25, 0.3) is 11.2 Å². The molecule has 0 spiro atoms. The molecule has 4 N–H and O–H groups in total. The van der Waals surface area contributed by atoms with Crippen LogP contribution in [0.4, 0.5) is 5.95 Å². The predicted molar refractivity (Wildman–Crippen MR) is 66.6 cm³/mol. The number of anilines is 1. The first kappa shape index (κ1) is 21.2. The first-order valence-corrected chi connectivity index (χ1v) is 5.89. The Balaban J connectivity index is 0.00000180. The molecule has 0 fully saturated rings. The number of nitrogen functional groups attached to an aromatic ring is 1. The first-order chi connectivity index (χ1) is 8.74. The summed E-state index contributed by atoms with van der Waals surface area (Å²) in [5.41, 5.74) is 6.97. The third kappa shape index (κ3) is 5.74. The van der Waals surface area contributed by atoms with E-state index in [1.165, 1.54) is 0 Å². The average Bonchev–Trinajstić information content (AvgIpc) is 2.77. The van der Waals surface area contributed by atoms with Gasteiger partial charge in [-0.15, -0.1) is 0 Å². The molecule has 0 amide bonds. The van der Waals surface area contributed by atoms with Gasteiger partial charge in [-0.05, 0) is 12.8 Å². The second kappa shape index (κ2) is 10.8. The van der Waals surface area contributed by atoms with Crippen molar-refractivity contribution in [1.82, 2.24) is 19.5 Å². The van der Waals surface area contributed by atoms with Crippen molar-refractivity contribution >= 4 is 17.1 Å². The van der Waals surface area contributed by atoms with Crippen molar-refractivity contribution in [2.45, 2.75) is 19.4 Å². The molecule has 2 aromatic rings. The van der Waals surface area contributed by atoms with Gasteiger partial charge in [0.15, 0.2) is 5.65 Å². The fourth-order valence-corrected chi connectivity index (χ4v) is 1.82. The Labute approximate surface area is 188 Å². The number of nitrogens with two attached hydrogens (primary N) is 1. The van der Waals surface area contributed by atoms with E-state index in [4.69, 9.17) is 15.9 Å². The summed E-state index contributed by atoms with van der Waals surface area (Å²) in [4.78, 5) is 12.2. The van der Waals surface area contributed by atoms with E-state index in [0.29, 0.717) is 11.2 Å². The van der Waals surface area contributed by atoms with Crippen molar-refractivity contribution in [2.24, 2.45) is 5.92 Å². The van der Waals surface area contributed by atoms with Crippen LogP contribution >= 0.6 is 0 Å². The van der Waals surface area contributed by atoms with E-state index in [1.54, 1.807) is 12.5 Å². The zero-order valence-electron chi connectivity index (χ0n) is 11.2. The van der Waals surface area contributed by atoms with E-state index >= 15 is 0 Å². The Morgan fingerprint density at radius 2 is 1.90 bits per heavy atom. The van der Waals surface area contributed by atoms with Crippen molar-refractivity contribution in [3.8, 4) is 0 Å². The van der Waals surface area contributed by atoms with Gasteiger partial charge in [0.2, 0.25) is 5.95 Å². The predicted octanol–water partition coefficient (Wildman–Crippen LogP) is -0.211. The summed E-state index contributed by atoms with van der Waals surface area (Å²) < 4.78 is 1.90. The third-order valence-electron chi connectivity index (χ3n) is 2.90. The van der Waals surface area contributed by atoms with Gasteiger partial charge in [0.1, 0.15) is 5.52 Å². The van der Waals surface area contributed by atoms with Crippen molar-refractivity contribution in [3.05, 3.63) is 12.5 Å². The molecule has 2 rings (SSSR count). The molecule has 0 unspecified atom stereocenters. The van der Waals surface area contributed by atoms with E-state index < -0.39 is 0 Å². The molecule has 0 bridgehead atoms. The fraction of sp³-hybridized carbons (Fsp3) is 0.545. The van der Waals surface area contributed by atoms with Gasteiger partial charge < -0.3 is 20.5 Å². The maximum Gasteiger partial charge on any atom is 0.222 e. The Morgan fingerprint density at radius 3 is 2.55 bits per heavy atom. The summed E-state index contributed by atoms with van der Waals surface area (Å²) in [6.45, 7) is 0.746. The maximum atomic E-state index is 8.98. The monoisotopic (exact) mass is 705 g/mol. The van der Waals surface area contributed by atoms with E-state index in [9.17, 15) is 0 Å². The van der Waals surface area contributed by atoms with E-state index in [-0.39, 0.29) is 113 Å². The largest absolute Gasteiger partial charge is 0.396 e. The summed E-state index contributed by atoms with van der Waals surface area (Å²) in [6, 6.07) is 0. The molecule has 2 radical (unpaired) electrons. The quantitative estimate of drug-likeness (QED) is 0.384. The number of aliphatic hydroxyl groups excluding tert-OH is 2. The molecular formula is C11H17Ac2N5O2. The molecule has 0 atom stereocenters. The maximum absolute atomic E-state index is 8.98. The molecule has 2 aromatic heterocycles. The van der Waals surface area contributed by atoms with Crippen LogP contribution in [0.15, 0.2) is 12.5 Å². The Bertz CT molecular complexity index is 518. The molecule has 20 heavy (non-hydrogen) atoms. The van der Waals surface area contributed by atoms with Crippen molar-refractivity contribution in [2.75, 3.05) is 18.9 Å². The van der Waals surface area contributed by atoms with Crippen LogP contribution in [-0.4, -0.2) is 42.9 Å². The summed E-state index contributed by atoms with van der Waals surface area (Å²) in [7, 11) is 0. The summed E-state index contributed by atoms with van der Waals surface area (Å²) in [6.07, 6.45) is 4.89. The molecule has 104 valence electrons. The summed E-state index contributed by atoms with van der Waals surface area (Å²) >= 11 is 0. The van der Waals surface area contributed by atoms with Gasteiger partial charge >= 0.3 is 0 Å². The van der Waals surface area contributed by atoms with Crippen LogP contribution < -0.4 is 5.73 Å². The number of aliphatic hydroxyl groups is 2. The van der Waals surface area contributed by atoms with Gasteiger partial charge in [-0.25, -0.2) is 9.97 Å². The molecule has 0 aliphatic rings. The number of hydrogen-bond acceptors (Lipinski definition) is 6. The van der Waals surface area contributed by atoms with E-state index in [1.807, 2.05) is 4.57 Å². The second-order valence-electron chi connectivity index (χ2n) is 4.25. The third-order valence-corrected chi connectivity index (χ3v) is 2.90. The van der Waals surface area contributed by atoms with Gasteiger partial charge in [0, 0.05) is 114 Å². The molecule has 0 aliphatic heterocycles. The smallest absolute Gasteiger partial charge is 0.222 e. The van der Waals surface area contributed by atoms with Crippen LogP contribution in [0.5, 0.6) is 0 Å². The number of nitrogens with zero attached hydrogens (tertiary/aromatic N) is 4. The van der Waals surface area contributed by atoms with Crippen molar-refractivity contribution in [1.29, 1.82) is 0 Å². The van der Waals surface area contributed by atoms with E-state index in [0.717, 1.165) is 19.4 Å². The number of aromatic nitrogens is 4. The molecular weight excluding hydrogens is 688 g/mol. The minimum absolute atomic E-state index is 0. The zero-order chi connectivity index (χ0) is 13.0. The number of fused-ring (bicyclic) bond motifs is 1. The standard InChI is InChI=1S/C11H17N5O2.2Ac/c12-11-13-4-9-10(15-11)16(7-14-9)3-1-2-8(5-17)6-18;;/h4,7-8,17-18H,1-3,5-6H2,(H2,12,13,15);;. The normalized spacial score (nSPS) is 10.3. The molecule has 7 nitrogen and oxygen atoms in total. The van der Waals surface area contributed by atoms with Crippen LogP contribution in [0.1, 0.15) is 12.8 Å². The van der Waals surface area contributed by atoms with Crippen LogP contribution in [0.2, 0.25) is 0 Å². The van der Waals surface area contributed by atoms with Gasteiger partial charge in [-0.3, -0.25) is 0 Å². The molecule has 2 heterocycles. The minimum atomic E-state index is -0.0560. The topological polar surface area (TPSA) is 110 Å². The first-order valence-electron chi connectivity index (χ1n) is 5.89. The molecule has 0 aliphatic carbocycles. The van der Waals surface area contributed by atoms with Crippen molar-refractivity contribution in [3.63, 3.8) is 0 Å². The number of rotatable bonds is 6.